The van der Waals surface area contributed by atoms with Gasteiger partial charge < -0.3 is 14.2 Å². The normalized spacial score (nSPS) is 26.2. The first-order valence-corrected chi connectivity index (χ1v) is 10.3. The molecular weight excluding hydrogens is 382 g/mol. The first-order chi connectivity index (χ1) is 12.0. The summed E-state index contributed by atoms with van der Waals surface area (Å²) in [7, 11) is 0. The van der Waals surface area contributed by atoms with E-state index in [1.165, 1.54) is 0 Å². The van der Waals surface area contributed by atoms with Gasteiger partial charge in [0, 0.05) is 49.9 Å². The van der Waals surface area contributed by atoms with Crippen LogP contribution in [-0.2, 0) is 11.3 Å². The molecule has 3 heterocycles. The average molecular weight is 412 g/mol. The number of rotatable bonds is 4. The van der Waals surface area contributed by atoms with Gasteiger partial charge in [0.05, 0.1) is 12.2 Å². The summed E-state index contributed by atoms with van der Waals surface area (Å²) in [5.74, 6) is 0.853. The van der Waals surface area contributed by atoms with Gasteiger partial charge in [-0.25, -0.2) is 0 Å². The molecule has 2 saturated heterocycles. The summed E-state index contributed by atoms with van der Waals surface area (Å²) in [5, 5.41) is 0. The zero-order valence-electron chi connectivity index (χ0n) is 15.6. The minimum atomic E-state index is 0.166. The molecule has 1 aromatic rings. The van der Waals surface area contributed by atoms with Gasteiger partial charge in [0.25, 0.3) is 5.91 Å². The number of carbonyl (C=O) groups excluding carboxylic acids is 1. The molecular formula is C19H30BrN3O2. The van der Waals surface area contributed by atoms with Crippen molar-refractivity contribution in [1.29, 1.82) is 0 Å². The van der Waals surface area contributed by atoms with Crippen LogP contribution in [0, 0.1) is 5.92 Å². The summed E-state index contributed by atoms with van der Waals surface area (Å²) in [6.45, 7) is 12.1. The Morgan fingerprint density at radius 3 is 2.48 bits per heavy atom. The molecule has 3 rings (SSSR count). The Labute approximate surface area is 159 Å². The maximum absolute atomic E-state index is 12.8. The zero-order valence-corrected chi connectivity index (χ0v) is 17.2. The fraction of sp³-hybridized carbons (Fsp3) is 0.737. The molecule has 0 bridgehead atoms. The zero-order chi connectivity index (χ0) is 18.0. The lowest BCUT2D eigenvalue weighted by atomic mass is 9.95. The standard InChI is InChI=1S/C19H30BrN3O2/c1-4-22-13-17(20)9-18(22)19(24)23-7-5-16(6-8-23)12-21-10-14(2)25-15(3)11-21/h9,13-16H,4-8,10-12H2,1-3H3. The van der Waals surface area contributed by atoms with Crippen LogP contribution in [0.2, 0.25) is 0 Å². The molecule has 2 atom stereocenters. The van der Waals surface area contributed by atoms with E-state index in [4.69, 9.17) is 4.74 Å². The number of amides is 1. The summed E-state index contributed by atoms with van der Waals surface area (Å²) in [6.07, 6.45) is 4.83. The largest absolute Gasteiger partial charge is 0.373 e. The molecule has 2 aliphatic heterocycles. The monoisotopic (exact) mass is 411 g/mol. The van der Waals surface area contributed by atoms with Gasteiger partial charge in [0.2, 0.25) is 0 Å². The quantitative estimate of drug-likeness (QED) is 0.762. The Morgan fingerprint density at radius 2 is 1.88 bits per heavy atom. The third-order valence-corrected chi connectivity index (χ3v) is 5.77. The number of piperidine rings is 1. The SMILES string of the molecule is CCn1cc(Br)cc1C(=O)N1CCC(CN2CC(C)OC(C)C2)CC1. The van der Waals surface area contributed by atoms with Crippen molar-refractivity contribution in [3.8, 4) is 0 Å². The van der Waals surface area contributed by atoms with Crippen LogP contribution in [0.1, 0.15) is 44.1 Å². The van der Waals surface area contributed by atoms with Gasteiger partial charge in [0.1, 0.15) is 5.69 Å². The lowest BCUT2D eigenvalue weighted by molar-refractivity contribution is -0.0728. The highest BCUT2D eigenvalue weighted by Crippen LogP contribution is 2.23. The summed E-state index contributed by atoms with van der Waals surface area (Å²) in [5.41, 5.74) is 0.795. The van der Waals surface area contributed by atoms with Crippen molar-refractivity contribution in [2.24, 2.45) is 5.92 Å². The third-order valence-electron chi connectivity index (χ3n) is 5.34. The van der Waals surface area contributed by atoms with Crippen molar-refractivity contribution in [2.45, 2.75) is 52.4 Å². The summed E-state index contributed by atoms with van der Waals surface area (Å²) >= 11 is 3.48. The lowest BCUT2D eigenvalue weighted by Crippen LogP contribution is -2.48. The van der Waals surface area contributed by atoms with Gasteiger partial charge in [-0.1, -0.05) is 0 Å². The predicted octanol–water partition coefficient (Wildman–Crippen LogP) is 3.23. The van der Waals surface area contributed by atoms with E-state index in [1.807, 2.05) is 21.7 Å². The van der Waals surface area contributed by atoms with E-state index >= 15 is 0 Å². The van der Waals surface area contributed by atoms with E-state index in [0.717, 1.165) is 62.3 Å². The number of halogens is 1. The molecule has 2 unspecified atom stereocenters. The molecule has 6 heteroatoms. The second kappa shape index (κ2) is 8.23. The van der Waals surface area contributed by atoms with Gasteiger partial charge in [-0.2, -0.15) is 0 Å². The Kier molecular flexibility index (Phi) is 6.23. The van der Waals surface area contributed by atoms with Crippen molar-refractivity contribution in [3.05, 3.63) is 22.4 Å². The van der Waals surface area contributed by atoms with Crippen LogP contribution in [0.15, 0.2) is 16.7 Å². The molecule has 0 aliphatic carbocycles. The number of aromatic nitrogens is 1. The van der Waals surface area contributed by atoms with Crippen LogP contribution in [0.5, 0.6) is 0 Å². The molecule has 2 fully saturated rings. The molecule has 1 aromatic heterocycles. The first-order valence-electron chi connectivity index (χ1n) is 9.49. The minimum absolute atomic E-state index is 0.166. The second-order valence-corrected chi connectivity index (χ2v) is 8.46. The number of ether oxygens (including phenoxy) is 1. The maximum Gasteiger partial charge on any atom is 0.270 e. The topological polar surface area (TPSA) is 37.7 Å². The first kappa shape index (κ1) is 18.9. The number of carbonyl (C=O) groups is 1. The van der Waals surface area contributed by atoms with Crippen molar-refractivity contribution < 1.29 is 9.53 Å². The van der Waals surface area contributed by atoms with Crippen LogP contribution in [0.3, 0.4) is 0 Å². The third kappa shape index (κ3) is 4.66. The van der Waals surface area contributed by atoms with Gasteiger partial charge in [-0.15, -0.1) is 0 Å². The van der Waals surface area contributed by atoms with Crippen LogP contribution >= 0.6 is 15.9 Å². The molecule has 2 aliphatic rings. The maximum atomic E-state index is 12.8. The molecule has 5 nitrogen and oxygen atoms in total. The van der Waals surface area contributed by atoms with Gasteiger partial charge in [0.15, 0.2) is 0 Å². The highest BCUT2D eigenvalue weighted by atomic mass is 79.9. The van der Waals surface area contributed by atoms with Crippen molar-refractivity contribution in [2.75, 3.05) is 32.7 Å². The molecule has 0 N–H and O–H groups in total. The van der Waals surface area contributed by atoms with Crippen molar-refractivity contribution in [3.63, 3.8) is 0 Å². The Morgan fingerprint density at radius 1 is 1.24 bits per heavy atom. The molecule has 25 heavy (non-hydrogen) atoms. The highest BCUT2D eigenvalue weighted by Gasteiger charge is 2.29. The fourth-order valence-corrected chi connectivity index (χ4v) is 4.66. The Balaban J connectivity index is 1.52. The summed E-state index contributed by atoms with van der Waals surface area (Å²) in [6, 6.07) is 1.94. The van der Waals surface area contributed by atoms with E-state index in [1.54, 1.807) is 0 Å². The molecule has 1 amide bonds. The smallest absolute Gasteiger partial charge is 0.270 e. The van der Waals surface area contributed by atoms with Gasteiger partial charge in [-0.05, 0) is 61.5 Å². The molecule has 0 spiro atoms. The van der Waals surface area contributed by atoms with Gasteiger partial charge >= 0.3 is 0 Å². The number of hydrogen-bond acceptors (Lipinski definition) is 3. The number of aryl methyl sites for hydroxylation is 1. The van der Waals surface area contributed by atoms with Crippen LogP contribution < -0.4 is 0 Å². The van der Waals surface area contributed by atoms with Crippen molar-refractivity contribution >= 4 is 21.8 Å². The Hall–Kier alpha value is -0.850. The van der Waals surface area contributed by atoms with E-state index in [2.05, 4.69) is 41.6 Å². The number of nitrogens with zero attached hydrogens (tertiary/aromatic N) is 3. The minimum Gasteiger partial charge on any atom is -0.373 e. The average Bonchev–Trinajstić information content (AvgIpc) is 2.95. The number of morpholine rings is 1. The van der Waals surface area contributed by atoms with Crippen molar-refractivity contribution in [1.82, 2.24) is 14.4 Å². The van der Waals surface area contributed by atoms with E-state index in [9.17, 15) is 4.79 Å². The van der Waals surface area contributed by atoms with E-state index in [-0.39, 0.29) is 5.91 Å². The molecule has 0 radical (unpaired) electrons. The summed E-state index contributed by atoms with van der Waals surface area (Å²) < 4.78 is 8.82. The highest BCUT2D eigenvalue weighted by molar-refractivity contribution is 9.10. The van der Waals surface area contributed by atoms with Crippen LogP contribution in [0.4, 0.5) is 0 Å². The predicted molar refractivity (Wildman–Crippen MR) is 103 cm³/mol. The van der Waals surface area contributed by atoms with Crippen LogP contribution in [-0.4, -0.2) is 65.2 Å². The molecule has 140 valence electrons. The van der Waals surface area contributed by atoms with Crippen LogP contribution in [0.25, 0.3) is 0 Å². The number of hydrogen-bond donors (Lipinski definition) is 0. The number of likely N-dealkylation sites (tertiary alicyclic amines) is 1. The van der Waals surface area contributed by atoms with E-state index < -0.39 is 0 Å². The lowest BCUT2D eigenvalue weighted by Gasteiger charge is -2.39. The van der Waals surface area contributed by atoms with E-state index in [0.29, 0.717) is 18.1 Å². The molecule has 0 aromatic carbocycles. The molecule has 0 saturated carbocycles. The fourth-order valence-electron chi connectivity index (χ4n) is 4.19. The Bertz CT molecular complexity index is 585. The summed E-state index contributed by atoms with van der Waals surface area (Å²) in [4.78, 5) is 17.4. The second-order valence-electron chi connectivity index (χ2n) is 7.54. The van der Waals surface area contributed by atoms with Gasteiger partial charge in [-0.3, -0.25) is 9.69 Å².